The van der Waals surface area contributed by atoms with Crippen molar-refractivity contribution in [3.63, 3.8) is 0 Å². The number of rotatable bonds is 5. The van der Waals surface area contributed by atoms with Gasteiger partial charge in [-0.2, -0.15) is 0 Å². The molecule has 1 aromatic carbocycles. The first-order valence-corrected chi connectivity index (χ1v) is 9.29. The molecule has 5 nitrogen and oxygen atoms in total. The van der Waals surface area contributed by atoms with Crippen LogP contribution < -0.4 is 10.6 Å². The van der Waals surface area contributed by atoms with Gasteiger partial charge in [-0.3, -0.25) is 4.79 Å². The van der Waals surface area contributed by atoms with E-state index >= 15 is 0 Å². The lowest BCUT2D eigenvalue weighted by Gasteiger charge is -2.16. The Balaban J connectivity index is -0.000000210. The SMILES string of the molecule is CC.CC.CC.CC(C)Nc1ccc(NC(C)C)c(CO)c1.O=CO. The van der Waals surface area contributed by atoms with Crippen LogP contribution in [0.3, 0.4) is 0 Å². The van der Waals surface area contributed by atoms with Crippen molar-refractivity contribution in [3.05, 3.63) is 23.8 Å². The molecule has 5 heteroatoms. The molecule has 0 radical (unpaired) electrons. The predicted octanol–water partition coefficient (Wildman–Crippen LogP) is 5.60. The summed E-state index contributed by atoms with van der Waals surface area (Å²) in [6.45, 7) is 20.2. The molecule has 0 aliphatic carbocycles. The Labute approximate surface area is 155 Å². The number of carbonyl (C=O) groups is 1. The minimum Gasteiger partial charge on any atom is -0.483 e. The van der Waals surface area contributed by atoms with Gasteiger partial charge in [0.05, 0.1) is 6.61 Å². The maximum absolute atomic E-state index is 9.32. The van der Waals surface area contributed by atoms with E-state index in [0.717, 1.165) is 16.9 Å². The predicted molar refractivity (Wildman–Crippen MR) is 113 cm³/mol. The third kappa shape index (κ3) is 20.2. The van der Waals surface area contributed by atoms with E-state index in [2.05, 4.69) is 38.3 Å². The average Bonchev–Trinajstić information content (AvgIpc) is 2.61. The first-order chi connectivity index (χ1) is 11.9. The molecule has 1 rings (SSSR count). The summed E-state index contributed by atoms with van der Waals surface area (Å²) in [7, 11) is 0. The van der Waals surface area contributed by atoms with Gasteiger partial charge in [-0.25, -0.2) is 0 Å². The summed E-state index contributed by atoms with van der Waals surface area (Å²) in [5.41, 5.74) is 2.99. The third-order valence-corrected chi connectivity index (χ3v) is 2.18. The second kappa shape index (κ2) is 24.5. The molecule has 0 heterocycles. The van der Waals surface area contributed by atoms with Crippen molar-refractivity contribution >= 4 is 17.8 Å². The first kappa shape index (κ1) is 31.1. The van der Waals surface area contributed by atoms with Crippen molar-refractivity contribution in [2.24, 2.45) is 0 Å². The fourth-order valence-electron chi connectivity index (χ4n) is 1.60. The van der Waals surface area contributed by atoms with Gasteiger partial charge >= 0.3 is 0 Å². The van der Waals surface area contributed by atoms with Crippen LogP contribution >= 0.6 is 0 Å². The number of nitrogens with one attached hydrogen (secondary N) is 2. The molecule has 25 heavy (non-hydrogen) atoms. The van der Waals surface area contributed by atoms with Gasteiger partial charge in [-0.1, -0.05) is 41.5 Å². The molecule has 0 fully saturated rings. The molecule has 0 aromatic heterocycles. The highest BCUT2D eigenvalue weighted by Crippen LogP contribution is 2.21. The first-order valence-electron chi connectivity index (χ1n) is 9.29. The summed E-state index contributed by atoms with van der Waals surface area (Å²) < 4.78 is 0. The molecule has 0 spiro atoms. The van der Waals surface area contributed by atoms with E-state index in [1.165, 1.54) is 0 Å². The maximum atomic E-state index is 9.32. The molecule has 0 bridgehead atoms. The zero-order chi connectivity index (χ0) is 20.8. The Kier molecular flexibility index (Phi) is 30.4. The molecule has 0 aliphatic heterocycles. The molecule has 0 unspecified atom stereocenters. The lowest BCUT2D eigenvalue weighted by molar-refractivity contribution is -0.122. The molecule has 0 saturated heterocycles. The number of hydrogen-bond donors (Lipinski definition) is 4. The zero-order valence-corrected chi connectivity index (χ0v) is 18.0. The van der Waals surface area contributed by atoms with Gasteiger partial charge in [0.25, 0.3) is 6.47 Å². The number of carboxylic acid groups (broad SMARTS) is 1. The molecule has 150 valence electrons. The molecule has 1 aromatic rings. The van der Waals surface area contributed by atoms with E-state index in [9.17, 15) is 5.11 Å². The highest BCUT2D eigenvalue weighted by molar-refractivity contribution is 5.60. The molecule has 4 N–H and O–H groups in total. The number of aliphatic hydroxyl groups is 1. The summed E-state index contributed by atoms with van der Waals surface area (Å²) in [6.07, 6.45) is 0. The highest BCUT2D eigenvalue weighted by Gasteiger charge is 2.05. The van der Waals surface area contributed by atoms with E-state index in [1.807, 2.05) is 59.7 Å². The monoisotopic (exact) mass is 358 g/mol. The van der Waals surface area contributed by atoms with Crippen LogP contribution in [0.4, 0.5) is 11.4 Å². The van der Waals surface area contributed by atoms with Crippen LogP contribution in [0.2, 0.25) is 0 Å². The Bertz CT molecular complexity index is 381. The Morgan fingerprint density at radius 2 is 1.32 bits per heavy atom. The van der Waals surface area contributed by atoms with E-state index in [-0.39, 0.29) is 13.1 Å². The second-order valence-electron chi connectivity index (χ2n) is 4.73. The number of aliphatic hydroxyl groups excluding tert-OH is 1. The van der Waals surface area contributed by atoms with Crippen LogP contribution in [0.15, 0.2) is 18.2 Å². The van der Waals surface area contributed by atoms with Crippen molar-refractivity contribution in [1.29, 1.82) is 0 Å². The van der Waals surface area contributed by atoms with Crippen molar-refractivity contribution in [2.75, 3.05) is 10.6 Å². The topological polar surface area (TPSA) is 81.6 Å². The van der Waals surface area contributed by atoms with Crippen molar-refractivity contribution in [1.82, 2.24) is 0 Å². The van der Waals surface area contributed by atoms with Crippen LogP contribution in [0.5, 0.6) is 0 Å². The summed E-state index contributed by atoms with van der Waals surface area (Å²) in [4.78, 5) is 8.36. The standard InChI is InChI=1S/C13H22N2O.3C2H6.CH2O2/c1-9(2)14-12-5-6-13(15-10(3)4)11(7-12)8-16;3*1-2;2-1-3/h5-7,9-10,14-16H,8H2,1-4H3;3*1-2H3;1H,(H,2,3). The Morgan fingerprint density at radius 3 is 1.64 bits per heavy atom. The van der Waals surface area contributed by atoms with Gasteiger partial charge < -0.3 is 20.8 Å². The average molecular weight is 359 g/mol. The van der Waals surface area contributed by atoms with Gasteiger partial charge in [0.2, 0.25) is 0 Å². The maximum Gasteiger partial charge on any atom is 0.290 e. The van der Waals surface area contributed by atoms with Crippen LogP contribution in [0.25, 0.3) is 0 Å². The normalized spacial score (nSPS) is 8.20. The number of benzene rings is 1. The Morgan fingerprint density at radius 1 is 0.920 bits per heavy atom. The van der Waals surface area contributed by atoms with Crippen molar-refractivity contribution in [2.45, 2.75) is 87.9 Å². The number of hydrogen-bond acceptors (Lipinski definition) is 4. The van der Waals surface area contributed by atoms with E-state index in [1.54, 1.807) is 0 Å². The summed E-state index contributed by atoms with van der Waals surface area (Å²) in [6, 6.07) is 6.80. The van der Waals surface area contributed by atoms with Crippen LogP contribution in [-0.4, -0.2) is 28.8 Å². The lowest BCUT2D eigenvalue weighted by atomic mass is 10.1. The smallest absolute Gasteiger partial charge is 0.290 e. The molecule has 0 amide bonds. The van der Waals surface area contributed by atoms with Gasteiger partial charge in [-0.05, 0) is 45.9 Å². The van der Waals surface area contributed by atoms with Crippen molar-refractivity contribution < 1.29 is 15.0 Å². The lowest BCUT2D eigenvalue weighted by Crippen LogP contribution is -2.13. The minimum absolute atomic E-state index is 0.0582. The molecule has 0 aliphatic rings. The van der Waals surface area contributed by atoms with E-state index in [0.29, 0.717) is 12.1 Å². The largest absolute Gasteiger partial charge is 0.483 e. The second-order valence-corrected chi connectivity index (χ2v) is 4.73. The summed E-state index contributed by atoms with van der Waals surface area (Å²) >= 11 is 0. The van der Waals surface area contributed by atoms with E-state index in [4.69, 9.17) is 9.90 Å². The zero-order valence-electron chi connectivity index (χ0n) is 18.0. The summed E-state index contributed by atoms with van der Waals surface area (Å²) in [5, 5.41) is 22.8. The van der Waals surface area contributed by atoms with E-state index < -0.39 is 0 Å². The molecule has 0 atom stereocenters. The highest BCUT2D eigenvalue weighted by atomic mass is 16.3. The van der Waals surface area contributed by atoms with Gasteiger partial charge in [0.15, 0.2) is 0 Å². The minimum atomic E-state index is -0.250. The van der Waals surface area contributed by atoms with Gasteiger partial charge in [-0.15, -0.1) is 0 Å². The molecule has 0 saturated carbocycles. The van der Waals surface area contributed by atoms with Crippen LogP contribution in [-0.2, 0) is 11.4 Å². The summed E-state index contributed by atoms with van der Waals surface area (Å²) in [5.74, 6) is 0. The quantitative estimate of drug-likeness (QED) is 0.515. The van der Waals surface area contributed by atoms with Crippen LogP contribution in [0, 0.1) is 0 Å². The van der Waals surface area contributed by atoms with Gasteiger partial charge in [0.1, 0.15) is 0 Å². The third-order valence-electron chi connectivity index (χ3n) is 2.18. The van der Waals surface area contributed by atoms with Crippen LogP contribution in [0.1, 0.15) is 74.8 Å². The van der Waals surface area contributed by atoms with Crippen molar-refractivity contribution in [3.8, 4) is 0 Å². The fourth-order valence-corrected chi connectivity index (χ4v) is 1.60. The molecular weight excluding hydrogens is 316 g/mol. The molecular formula is C20H42N2O3. The van der Waals surface area contributed by atoms with Gasteiger partial charge in [0, 0.05) is 29.0 Å². The Hall–Kier alpha value is -1.75. The fraction of sp³-hybridized carbons (Fsp3) is 0.650. The number of anilines is 2.